The minimum absolute atomic E-state index is 0.0432. The molecule has 0 aromatic heterocycles. The van der Waals surface area contributed by atoms with Crippen LogP contribution in [0, 0.1) is 17.3 Å². The van der Waals surface area contributed by atoms with E-state index in [4.69, 9.17) is 10.5 Å². The van der Waals surface area contributed by atoms with Crippen LogP contribution in [0.15, 0.2) is 12.7 Å². The highest BCUT2D eigenvalue weighted by atomic mass is 16.6. The average Bonchev–Trinajstić information content (AvgIpc) is 2.50. The molecular weight excluding hydrogens is 370 g/mol. The highest BCUT2D eigenvalue weighted by Crippen LogP contribution is 2.51. The molecule has 0 saturated heterocycles. The molecule has 1 aliphatic rings. The minimum Gasteiger partial charge on any atom is -0.442 e. The smallest absolute Gasteiger partial charge is 0.405 e. The maximum absolute atomic E-state index is 13.7. The fraction of sp³-hybridized carbons (Fsp3) is 0.773. The van der Waals surface area contributed by atoms with Gasteiger partial charge in [-0.25, -0.2) is 4.79 Å². The molecule has 29 heavy (non-hydrogen) atoms. The summed E-state index contributed by atoms with van der Waals surface area (Å²) in [6, 6.07) is 0. The fourth-order valence-electron chi connectivity index (χ4n) is 4.40. The Hall–Kier alpha value is -2.05. The zero-order chi connectivity index (χ0) is 22.8. The molecule has 7 nitrogen and oxygen atoms in total. The largest absolute Gasteiger partial charge is 0.442 e. The van der Waals surface area contributed by atoms with Crippen molar-refractivity contribution in [1.82, 2.24) is 10.6 Å². The molecular formula is C22H39N3O4. The summed E-state index contributed by atoms with van der Waals surface area (Å²) in [6.45, 7) is 18.6. The summed E-state index contributed by atoms with van der Waals surface area (Å²) in [5.74, 6) is -1.05. The van der Waals surface area contributed by atoms with Crippen LogP contribution < -0.4 is 16.4 Å². The van der Waals surface area contributed by atoms with Crippen LogP contribution in [-0.4, -0.2) is 34.6 Å². The molecule has 1 rings (SSSR count). The first-order valence-electron chi connectivity index (χ1n) is 10.2. The zero-order valence-electron chi connectivity index (χ0n) is 19.3. The monoisotopic (exact) mass is 409 g/mol. The normalized spacial score (nSPS) is 27.3. The van der Waals surface area contributed by atoms with Gasteiger partial charge in [0.2, 0.25) is 11.8 Å². The summed E-state index contributed by atoms with van der Waals surface area (Å²) in [7, 11) is 0. The van der Waals surface area contributed by atoms with E-state index in [1.54, 1.807) is 6.92 Å². The summed E-state index contributed by atoms with van der Waals surface area (Å²) >= 11 is 0. The Bertz CT molecular complexity index is 662. The number of carbonyl (C=O) groups is 3. The molecule has 1 fully saturated rings. The number of hydrogen-bond acceptors (Lipinski definition) is 4. The lowest BCUT2D eigenvalue weighted by atomic mass is 9.56. The zero-order valence-corrected chi connectivity index (χ0v) is 19.3. The molecule has 0 spiro atoms. The number of rotatable bonds is 5. The summed E-state index contributed by atoms with van der Waals surface area (Å²) < 4.78 is 5.71. The fourth-order valence-corrected chi connectivity index (χ4v) is 4.40. The summed E-state index contributed by atoms with van der Waals surface area (Å²) in [5, 5.41) is 5.98. The van der Waals surface area contributed by atoms with E-state index < -0.39 is 34.1 Å². The van der Waals surface area contributed by atoms with Crippen LogP contribution in [0.3, 0.4) is 0 Å². The molecule has 1 aliphatic carbocycles. The molecule has 4 atom stereocenters. The second kappa shape index (κ2) is 8.36. The number of nitrogens with two attached hydrogens (primary N) is 1. The summed E-state index contributed by atoms with van der Waals surface area (Å²) in [5.41, 5.74) is 2.03. The molecule has 0 bridgehead atoms. The predicted octanol–water partition coefficient (Wildman–Crippen LogP) is 3.28. The Balaban J connectivity index is 3.71. The van der Waals surface area contributed by atoms with E-state index in [0.29, 0.717) is 12.8 Å². The van der Waals surface area contributed by atoms with Crippen molar-refractivity contribution in [3.8, 4) is 0 Å². The van der Waals surface area contributed by atoms with Gasteiger partial charge < -0.3 is 21.1 Å². The Morgan fingerprint density at radius 3 is 2.03 bits per heavy atom. The first kappa shape index (κ1) is 25.0. The molecule has 166 valence electrons. The maximum Gasteiger partial charge on any atom is 0.405 e. The van der Waals surface area contributed by atoms with Gasteiger partial charge in [-0.3, -0.25) is 9.59 Å². The number of allylic oxidation sites excluding steroid dienone is 1. The first-order valence-corrected chi connectivity index (χ1v) is 10.2. The van der Waals surface area contributed by atoms with Gasteiger partial charge in [0, 0.05) is 23.8 Å². The van der Waals surface area contributed by atoms with Gasteiger partial charge in [-0.05, 0) is 52.9 Å². The van der Waals surface area contributed by atoms with E-state index in [9.17, 15) is 14.4 Å². The SMILES string of the molecule is C=C[C@@H]1CC[C@H](C(C)(OC(N)=O)C(C)(C)C)[C@@](NC(C)=O)(C(=O)NC(C)(C)C)C1. The summed E-state index contributed by atoms with van der Waals surface area (Å²) in [6.07, 6.45) is 2.62. The Morgan fingerprint density at radius 1 is 1.10 bits per heavy atom. The van der Waals surface area contributed by atoms with Crippen LogP contribution in [0.5, 0.6) is 0 Å². The maximum atomic E-state index is 13.7. The lowest BCUT2D eigenvalue weighted by Crippen LogP contribution is -2.72. The lowest BCUT2D eigenvalue weighted by molar-refractivity contribution is -0.160. The number of amides is 3. The molecule has 4 N–H and O–H groups in total. The van der Waals surface area contributed by atoms with Gasteiger partial charge in [0.15, 0.2) is 0 Å². The van der Waals surface area contributed by atoms with E-state index >= 15 is 0 Å². The molecule has 7 heteroatoms. The van der Waals surface area contributed by atoms with Crippen molar-refractivity contribution in [2.45, 2.75) is 91.3 Å². The van der Waals surface area contributed by atoms with Crippen LogP contribution >= 0.6 is 0 Å². The summed E-state index contributed by atoms with van der Waals surface area (Å²) in [4.78, 5) is 37.8. The van der Waals surface area contributed by atoms with Crippen LogP contribution in [0.4, 0.5) is 4.79 Å². The number of primary amides is 1. The van der Waals surface area contributed by atoms with Crippen molar-refractivity contribution < 1.29 is 19.1 Å². The van der Waals surface area contributed by atoms with Gasteiger partial charge in [-0.1, -0.05) is 26.8 Å². The topological polar surface area (TPSA) is 111 Å². The third-order valence-electron chi connectivity index (χ3n) is 6.10. The van der Waals surface area contributed by atoms with Gasteiger partial charge in [0.05, 0.1) is 0 Å². The second-order valence-corrected chi connectivity index (χ2v) is 10.5. The van der Waals surface area contributed by atoms with Crippen molar-refractivity contribution in [2.75, 3.05) is 0 Å². The number of carbonyl (C=O) groups excluding carboxylic acids is 3. The third kappa shape index (κ3) is 5.52. The average molecular weight is 410 g/mol. The van der Waals surface area contributed by atoms with Crippen molar-refractivity contribution in [1.29, 1.82) is 0 Å². The lowest BCUT2D eigenvalue weighted by Gasteiger charge is -2.56. The molecule has 0 aromatic rings. The van der Waals surface area contributed by atoms with Gasteiger partial charge in [0.25, 0.3) is 0 Å². The van der Waals surface area contributed by atoms with Gasteiger partial charge in [-0.15, -0.1) is 6.58 Å². The molecule has 0 aromatic carbocycles. The molecule has 1 saturated carbocycles. The van der Waals surface area contributed by atoms with E-state index in [-0.39, 0.29) is 17.7 Å². The minimum atomic E-state index is -1.27. The van der Waals surface area contributed by atoms with Crippen molar-refractivity contribution in [3.05, 3.63) is 12.7 Å². The third-order valence-corrected chi connectivity index (χ3v) is 6.10. The second-order valence-electron chi connectivity index (χ2n) is 10.5. The van der Waals surface area contributed by atoms with Crippen LogP contribution in [-0.2, 0) is 14.3 Å². The first-order chi connectivity index (χ1) is 13.0. The van der Waals surface area contributed by atoms with Gasteiger partial charge in [-0.2, -0.15) is 0 Å². The van der Waals surface area contributed by atoms with E-state index in [1.807, 2.05) is 47.6 Å². The van der Waals surface area contributed by atoms with Crippen LogP contribution in [0.25, 0.3) is 0 Å². The van der Waals surface area contributed by atoms with E-state index in [1.165, 1.54) is 6.92 Å². The number of hydrogen-bond donors (Lipinski definition) is 3. The van der Waals surface area contributed by atoms with Gasteiger partial charge >= 0.3 is 6.09 Å². The molecule has 1 unspecified atom stereocenters. The van der Waals surface area contributed by atoms with E-state index in [0.717, 1.165) is 6.42 Å². The highest BCUT2D eigenvalue weighted by Gasteiger charge is 2.61. The number of ether oxygens (including phenoxy) is 1. The van der Waals surface area contributed by atoms with Crippen molar-refractivity contribution in [2.24, 2.45) is 23.0 Å². The van der Waals surface area contributed by atoms with Crippen LogP contribution in [0.1, 0.15) is 74.7 Å². The Labute approximate surface area is 175 Å². The quantitative estimate of drug-likeness (QED) is 0.605. The predicted molar refractivity (Wildman–Crippen MR) is 114 cm³/mol. The standard InChI is InChI=1S/C22H39N3O4/c1-10-15-11-12-16(21(9,19(3,4)5)29-18(23)28)22(13-15,24-14(2)26)17(27)25-20(6,7)8/h10,15-16H,1,11-13H2,2-9H3,(H2,23,28)(H,24,26)(H,25,27)/t15-,16-,21?,22-/m1/s1. The number of nitrogens with one attached hydrogen (secondary N) is 2. The molecule has 0 aliphatic heterocycles. The molecule has 3 amide bonds. The molecule has 0 radical (unpaired) electrons. The highest BCUT2D eigenvalue weighted by molar-refractivity contribution is 5.92. The Kier molecular flexibility index (Phi) is 7.21. The van der Waals surface area contributed by atoms with Crippen molar-refractivity contribution in [3.63, 3.8) is 0 Å². The van der Waals surface area contributed by atoms with Gasteiger partial charge in [0.1, 0.15) is 11.1 Å². The molecule has 0 heterocycles. The Morgan fingerprint density at radius 2 is 1.66 bits per heavy atom. The van der Waals surface area contributed by atoms with E-state index in [2.05, 4.69) is 17.2 Å². The van der Waals surface area contributed by atoms with Crippen molar-refractivity contribution >= 4 is 17.9 Å². The van der Waals surface area contributed by atoms with Crippen LogP contribution in [0.2, 0.25) is 0 Å².